The smallest absolute Gasteiger partial charge is 0.236 e. The highest BCUT2D eigenvalue weighted by molar-refractivity contribution is 5.44. The van der Waals surface area contributed by atoms with Crippen LogP contribution in [0.4, 0.5) is 13.2 Å². The minimum atomic E-state index is -4.19. The summed E-state index contributed by atoms with van der Waals surface area (Å²) in [4.78, 5) is 3.94. The van der Waals surface area contributed by atoms with Crippen molar-refractivity contribution in [1.82, 2.24) is 14.6 Å². The van der Waals surface area contributed by atoms with Crippen molar-refractivity contribution in [2.24, 2.45) is 0 Å². The number of hydrogen-bond donors (Lipinski definition) is 0. The molecular formula is C10H8F3N3. The molecule has 2 aromatic heterocycles. The van der Waals surface area contributed by atoms with Crippen molar-refractivity contribution in [3.05, 3.63) is 30.2 Å². The van der Waals surface area contributed by atoms with Gasteiger partial charge >= 0.3 is 6.18 Å². The van der Waals surface area contributed by atoms with Gasteiger partial charge in [0.2, 0.25) is 0 Å². The lowest BCUT2D eigenvalue weighted by molar-refractivity contribution is -0.160. The van der Waals surface area contributed by atoms with Crippen LogP contribution in [0.2, 0.25) is 0 Å². The van der Waals surface area contributed by atoms with Gasteiger partial charge in [0, 0.05) is 12.4 Å². The van der Waals surface area contributed by atoms with Gasteiger partial charge in [0.25, 0.3) is 0 Å². The summed E-state index contributed by atoms with van der Waals surface area (Å²) in [5, 5.41) is 3.92. The fraction of sp³-hybridized carbons (Fsp3) is 0.400. The molecule has 0 radical (unpaired) electrons. The predicted molar refractivity (Wildman–Crippen MR) is 50.0 cm³/mol. The second-order valence-electron chi connectivity index (χ2n) is 4.05. The molecule has 0 atom stereocenters. The lowest BCUT2D eigenvalue weighted by Crippen LogP contribution is -2.28. The second-order valence-corrected chi connectivity index (χ2v) is 4.05. The van der Waals surface area contributed by atoms with Gasteiger partial charge in [-0.05, 0) is 24.5 Å². The predicted octanol–water partition coefficient (Wildman–Crippen LogP) is 2.32. The Balaban J connectivity index is 2.12. The molecule has 1 fully saturated rings. The van der Waals surface area contributed by atoms with Crippen molar-refractivity contribution >= 4 is 5.65 Å². The number of hydrogen-bond acceptors (Lipinski definition) is 2. The van der Waals surface area contributed by atoms with Gasteiger partial charge in [-0.3, -0.25) is 0 Å². The van der Waals surface area contributed by atoms with Crippen LogP contribution in [-0.4, -0.2) is 20.8 Å². The van der Waals surface area contributed by atoms with Crippen LogP contribution >= 0.6 is 0 Å². The number of imidazole rings is 1. The highest BCUT2D eigenvalue weighted by Gasteiger charge is 2.64. The number of halogens is 3. The topological polar surface area (TPSA) is 30.2 Å². The number of aromatic nitrogens is 3. The molecule has 0 spiro atoms. The van der Waals surface area contributed by atoms with Crippen LogP contribution in [0, 0.1) is 0 Å². The van der Waals surface area contributed by atoms with E-state index < -0.39 is 11.6 Å². The summed E-state index contributed by atoms with van der Waals surface area (Å²) in [5.41, 5.74) is -1.00. The van der Waals surface area contributed by atoms with Gasteiger partial charge < -0.3 is 0 Å². The van der Waals surface area contributed by atoms with Gasteiger partial charge in [0.05, 0.1) is 11.6 Å². The van der Waals surface area contributed by atoms with E-state index in [0.29, 0.717) is 5.65 Å². The first-order chi connectivity index (χ1) is 7.53. The molecule has 0 aromatic carbocycles. The van der Waals surface area contributed by atoms with Crippen LogP contribution in [-0.2, 0) is 5.41 Å². The molecule has 2 heterocycles. The van der Waals surface area contributed by atoms with Crippen molar-refractivity contribution < 1.29 is 13.2 Å². The van der Waals surface area contributed by atoms with E-state index in [4.69, 9.17) is 0 Å². The Hall–Kier alpha value is -1.59. The molecule has 0 bridgehead atoms. The maximum Gasteiger partial charge on any atom is 0.398 e. The number of alkyl halides is 3. The zero-order valence-corrected chi connectivity index (χ0v) is 8.20. The largest absolute Gasteiger partial charge is 0.398 e. The Kier molecular flexibility index (Phi) is 1.65. The Morgan fingerprint density at radius 2 is 2.06 bits per heavy atom. The van der Waals surface area contributed by atoms with Crippen molar-refractivity contribution in [1.29, 1.82) is 0 Å². The van der Waals surface area contributed by atoms with Gasteiger partial charge in [0.15, 0.2) is 5.65 Å². The second kappa shape index (κ2) is 2.75. The average Bonchev–Trinajstić information content (AvgIpc) is 2.91. The third kappa shape index (κ3) is 1.15. The first-order valence-corrected chi connectivity index (χ1v) is 4.90. The van der Waals surface area contributed by atoms with Crippen LogP contribution in [0.5, 0.6) is 0 Å². The lowest BCUT2D eigenvalue weighted by atomic mass is 9.98. The molecule has 0 amide bonds. The van der Waals surface area contributed by atoms with Crippen LogP contribution in [0.1, 0.15) is 18.4 Å². The van der Waals surface area contributed by atoms with Crippen LogP contribution in [0.3, 0.4) is 0 Å². The number of fused-ring (bicyclic) bond motifs is 1. The standard InChI is InChI=1S/C10H8F3N3/c11-10(12,13)9(1-2-9)7-5-8-14-3-4-16(8)15-6-7/h3-6H,1-2H2. The van der Waals surface area contributed by atoms with Crippen molar-refractivity contribution in [2.75, 3.05) is 0 Å². The fourth-order valence-electron chi connectivity index (χ4n) is 1.93. The van der Waals surface area contributed by atoms with Crippen molar-refractivity contribution in [3.63, 3.8) is 0 Å². The van der Waals surface area contributed by atoms with Gasteiger partial charge in [-0.15, -0.1) is 0 Å². The van der Waals surface area contributed by atoms with E-state index in [1.165, 1.54) is 23.0 Å². The monoisotopic (exact) mass is 227 g/mol. The van der Waals surface area contributed by atoms with Gasteiger partial charge in [0.1, 0.15) is 0 Å². The van der Waals surface area contributed by atoms with E-state index in [2.05, 4.69) is 10.1 Å². The summed E-state index contributed by atoms with van der Waals surface area (Å²) >= 11 is 0. The zero-order valence-electron chi connectivity index (χ0n) is 8.20. The Morgan fingerprint density at radius 3 is 2.69 bits per heavy atom. The zero-order chi connectivity index (χ0) is 11.4. The van der Waals surface area contributed by atoms with E-state index in [0.717, 1.165) is 0 Å². The minimum Gasteiger partial charge on any atom is -0.236 e. The quantitative estimate of drug-likeness (QED) is 0.748. The molecule has 1 aliphatic rings. The number of rotatable bonds is 1. The summed E-state index contributed by atoms with van der Waals surface area (Å²) in [7, 11) is 0. The third-order valence-electron chi connectivity index (χ3n) is 3.10. The average molecular weight is 227 g/mol. The molecule has 1 aliphatic carbocycles. The molecule has 0 unspecified atom stereocenters. The molecule has 6 heteroatoms. The SMILES string of the molecule is FC(F)(F)C1(c2cnn3ccnc3c2)CC1. The van der Waals surface area contributed by atoms with Crippen LogP contribution in [0.25, 0.3) is 5.65 Å². The molecule has 84 valence electrons. The summed E-state index contributed by atoms with van der Waals surface area (Å²) in [6, 6.07) is 1.47. The summed E-state index contributed by atoms with van der Waals surface area (Å²) in [6.07, 6.45) is 0.504. The van der Waals surface area contributed by atoms with Crippen molar-refractivity contribution in [3.8, 4) is 0 Å². The molecule has 2 aromatic rings. The maximum absolute atomic E-state index is 12.9. The van der Waals surface area contributed by atoms with Crippen LogP contribution in [0.15, 0.2) is 24.7 Å². The Labute approximate surface area is 88.9 Å². The highest BCUT2D eigenvalue weighted by atomic mass is 19.4. The minimum absolute atomic E-state index is 0.148. The summed E-state index contributed by atoms with van der Waals surface area (Å²) in [5.74, 6) is 0. The summed E-state index contributed by atoms with van der Waals surface area (Å²) < 4.78 is 40.0. The molecule has 3 rings (SSSR count). The van der Waals surface area contributed by atoms with Crippen LogP contribution < -0.4 is 0 Å². The summed E-state index contributed by atoms with van der Waals surface area (Å²) in [6.45, 7) is 0. The van der Waals surface area contributed by atoms with E-state index in [-0.39, 0.29) is 18.4 Å². The molecule has 0 saturated heterocycles. The van der Waals surface area contributed by atoms with Crippen molar-refractivity contribution in [2.45, 2.75) is 24.4 Å². The molecule has 0 N–H and O–H groups in total. The van der Waals surface area contributed by atoms with Gasteiger partial charge in [-0.1, -0.05) is 0 Å². The Bertz CT molecular complexity index is 539. The van der Waals surface area contributed by atoms with E-state index >= 15 is 0 Å². The molecule has 3 nitrogen and oxygen atoms in total. The third-order valence-corrected chi connectivity index (χ3v) is 3.10. The van der Waals surface area contributed by atoms with E-state index in [1.807, 2.05) is 0 Å². The van der Waals surface area contributed by atoms with E-state index in [1.54, 1.807) is 6.20 Å². The highest BCUT2D eigenvalue weighted by Crippen LogP contribution is 2.58. The normalized spacial score (nSPS) is 18.9. The molecule has 16 heavy (non-hydrogen) atoms. The first kappa shape index (κ1) is 9.62. The van der Waals surface area contributed by atoms with Gasteiger partial charge in [-0.2, -0.15) is 18.3 Å². The van der Waals surface area contributed by atoms with Gasteiger partial charge in [-0.25, -0.2) is 9.50 Å². The molecule has 1 saturated carbocycles. The van der Waals surface area contributed by atoms with E-state index in [9.17, 15) is 13.2 Å². The molecule has 0 aliphatic heterocycles. The fourth-order valence-corrected chi connectivity index (χ4v) is 1.93. The maximum atomic E-state index is 12.9. The molecular weight excluding hydrogens is 219 g/mol. The Morgan fingerprint density at radius 1 is 1.31 bits per heavy atom. The first-order valence-electron chi connectivity index (χ1n) is 4.90. The lowest BCUT2D eigenvalue weighted by Gasteiger charge is -2.18. The number of nitrogens with zero attached hydrogens (tertiary/aromatic N) is 3.